The van der Waals surface area contributed by atoms with Crippen molar-refractivity contribution < 1.29 is 35.9 Å². The van der Waals surface area contributed by atoms with E-state index in [-0.39, 0.29) is 20.9 Å². The van der Waals surface area contributed by atoms with Crippen LogP contribution >= 0.6 is 0 Å². The lowest BCUT2D eigenvalue weighted by molar-refractivity contribution is -0.140. The number of benzene rings is 3. The second-order valence-electron chi connectivity index (χ2n) is 7.67. The fourth-order valence-corrected chi connectivity index (χ4v) is 4.88. The highest BCUT2D eigenvalue weighted by atomic mass is 32.2. The molecule has 4 nitrogen and oxygen atoms in total. The van der Waals surface area contributed by atoms with Gasteiger partial charge in [0.25, 0.3) is 0 Å². The van der Waals surface area contributed by atoms with Crippen molar-refractivity contribution in [2.45, 2.75) is 34.2 Å². The third kappa shape index (κ3) is 3.88. The van der Waals surface area contributed by atoms with Crippen LogP contribution in [0.4, 0.5) is 17.6 Å². The van der Waals surface area contributed by atoms with E-state index >= 15 is 0 Å². The third-order valence-electron chi connectivity index (χ3n) is 5.60. The van der Waals surface area contributed by atoms with Gasteiger partial charge in [-0.1, -0.05) is 12.1 Å². The zero-order valence-corrected chi connectivity index (χ0v) is 17.2. The zero-order valence-electron chi connectivity index (χ0n) is 16.4. The number of aliphatic carboxylic acids is 1. The van der Waals surface area contributed by atoms with Gasteiger partial charge in [-0.05, 0) is 84.1 Å². The first-order valence-electron chi connectivity index (χ1n) is 9.51. The van der Waals surface area contributed by atoms with Crippen LogP contribution in [0.3, 0.4) is 0 Å². The average molecular weight is 464 g/mol. The quantitative estimate of drug-likeness (QED) is 0.402. The van der Waals surface area contributed by atoms with Gasteiger partial charge in [0.05, 0.1) is 20.8 Å². The molecule has 4 rings (SSSR count). The first-order chi connectivity index (χ1) is 14.9. The van der Waals surface area contributed by atoms with E-state index in [1.165, 1.54) is 30.3 Å². The molecule has 1 fully saturated rings. The molecular formula is C23H16F4O4S. The van der Waals surface area contributed by atoms with E-state index in [4.69, 9.17) is 0 Å². The van der Waals surface area contributed by atoms with Crippen LogP contribution in [0, 0.1) is 5.82 Å². The van der Waals surface area contributed by atoms with Crippen LogP contribution in [0.2, 0.25) is 0 Å². The number of sulfone groups is 1. The molecule has 0 saturated heterocycles. The van der Waals surface area contributed by atoms with Gasteiger partial charge < -0.3 is 5.11 Å². The number of hydrogen-bond acceptors (Lipinski definition) is 3. The first-order valence-corrected chi connectivity index (χ1v) is 11.0. The van der Waals surface area contributed by atoms with Gasteiger partial charge >= 0.3 is 12.1 Å². The summed E-state index contributed by atoms with van der Waals surface area (Å²) < 4.78 is 78.3. The van der Waals surface area contributed by atoms with Crippen molar-refractivity contribution in [2.75, 3.05) is 0 Å². The summed E-state index contributed by atoms with van der Waals surface area (Å²) in [5, 5.41) is 9.67. The fourth-order valence-electron chi connectivity index (χ4n) is 3.55. The topological polar surface area (TPSA) is 71.4 Å². The highest BCUT2D eigenvalue weighted by molar-refractivity contribution is 7.91. The Labute approximate surface area is 181 Å². The molecule has 9 heteroatoms. The average Bonchev–Trinajstić information content (AvgIpc) is 3.56. The molecule has 32 heavy (non-hydrogen) atoms. The third-order valence-corrected chi connectivity index (χ3v) is 7.35. The predicted octanol–water partition coefficient (Wildman–Crippen LogP) is 5.46. The Kier molecular flexibility index (Phi) is 5.12. The molecule has 0 aliphatic heterocycles. The summed E-state index contributed by atoms with van der Waals surface area (Å²) in [5.74, 6) is -1.72. The Morgan fingerprint density at radius 3 is 1.94 bits per heavy atom. The number of carboxylic acid groups (broad SMARTS) is 1. The summed E-state index contributed by atoms with van der Waals surface area (Å²) in [7, 11) is -4.14. The summed E-state index contributed by atoms with van der Waals surface area (Å²) >= 11 is 0. The van der Waals surface area contributed by atoms with Crippen molar-refractivity contribution in [1.29, 1.82) is 0 Å². The highest BCUT2D eigenvalue weighted by Crippen LogP contribution is 2.50. The Morgan fingerprint density at radius 1 is 0.844 bits per heavy atom. The summed E-state index contributed by atoms with van der Waals surface area (Å²) in [6, 6.07) is 12.4. The van der Waals surface area contributed by atoms with Gasteiger partial charge in [0.15, 0.2) is 0 Å². The molecule has 0 bridgehead atoms. The lowest BCUT2D eigenvalue weighted by atomic mass is 9.92. The molecule has 0 heterocycles. The first kappa shape index (κ1) is 22.0. The van der Waals surface area contributed by atoms with Crippen LogP contribution in [0.5, 0.6) is 0 Å². The van der Waals surface area contributed by atoms with E-state index in [0.717, 1.165) is 36.4 Å². The molecule has 0 radical (unpaired) electrons. The second kappa shape index (κ2) is 7.44. The number of carbonyl (C=O) groups is 1. The van der Waals surface area contributed by atoms with Gasteiger partial charge in [0.1, 0.15) is 5.82 Å². The van der Waals surface area contributed by atoms with Gasteiger partial charge in [-0.15, -0.1) is 0 Å². The maximum Gasteiger partial charge on any atom is 0.416 e. The number of rotatable bonds is 5. The number of halogens is 4. The monoisotopic (exact) mass is 464 g/mol. The molecule has 3 aromatic rings. The second-order valence-corrected chi connectivity index (χ2v) is 9.62. The normalized spacial score (nSPS) is 15.4. The molecule has 0 aromatic heterocycles. The van der Waals surface area contributed by atoms with Gasteiger partial charge in [-0.25, -0.2) is 12.8 Å². The van der Waals surface area contributed by atoms with Crippen LogP contribution in [0.15, 0.2) is 76.5 Å². The van der Waals surface area contributed by atoms with Crippen molar-refractivity contribution in [3.8, 4) is 11.1 Å². The van der Waals surface area contributed by atoms with Crippen molar-refractivity contribution in [3.05, 3.63) is 83.7 Å². The summed E-state index contributed by atoms with van der Waals surface area (Å²) in [6.07, 6.45) is -3.90. The van der Waals surface area contributed by atoms with Crippen LogP contribution < -0.4 is 0 Å². The van der Waals surface area contributed by atoms with E-state index in [0.29, 0.717) is 18.4 Å². The lowest BCUT2D eigenvalue weighted by Gasteiger charge is -2.16. The summed E-state index contributed by atoms with van der Waals surface area (Å²) in [5.41, 5.74) is -1.28. The van der Waals surface area contributed by atoms with E-state index < -0.39 is 38.8 Å². The van der Waals surface area contributed by atoms with Crippen molar-refractivity contribution in [3.63, 3.8) is 0 Å². The van der Waals surface area contributed by atoms with Crippen molar-refractivity contribution in [2.24, 2.45) is 0 Å². The van der Waals surface area contributed by atoms with Gasteiger partial charge in [0.2, 0.25) is 9.84 Å². The molecule has 0 atom stereocenters. The zero-order chi connectivity index (χ0) is 23.3. The molecule has 0 amide bonds. The van der Waals surface area contributed by atoms with Gasteiger partial charge in [0, 0.05) is 0 Å². The van der Waals surface area contributed by atoms with Crippen LogP contribution in [0.25, 0.3) is 11.1 Å². The van der Waals surface area contributed by atoms with E-state index in [1.807, 2.05) is 0 Å². The standard InChI is InChI=1S/C23H16F4O4S/c24-18-5-7-19(8-6-18)32(30,31)20-12-15(11-17(13-20)22(9-10-22)21(28)29)14-1-3-16(4-2-14)23(25,26)27/h1-8,11-13H,9-10H2,(H,28,29). The molecule has 1 saturated carbocycles. The molecule has 3 aromatic carbocycles. The van der Waals surface area contributed by atoms with E-state index in [2.05, 4.69) is 0 Å². The molecular weight excluding hydrogens is 448 g/mol. The Hall–Kier alpha value is -3.20. The molecule has 0 spiro atoms. The predicted molar refractivity (Wildman–Crippen MR) is 107 cm³/mol. The highest BCUT2D eigenvalue weighted by Gasteiger charge is 2.52. The maximum atomic E-state index is 13.3. The lowest BCUT2D eigenvalue weighted by Crippen LogP contribution is -2.20. The molecule has 1 aliphatic carbocycles. The minimum atomic E-state index is -4.53. The Balaban J connectivity index is 1.88. The maximum absolute atomic E-state index is 13.3. The fraction of sp³-hybridized carbons (Fsp3) is 0.174. The largest absolute Gasteiger partial charge is 0.481 e. The summed E-state index contributed by atoms with van der Waals surface area (Å²) in [4.78, 5) is 11.4. The summed E-state index contributed by atoms with van der Waals surface area (Å²) in [6.45, 7) is 0. The smallest absolute Gasteiger partial charge is 0.416 e. The SMILES string of the molecule is O=C(O)C1(c2cc(-c3ccc(C(F)(F)F)cc3)cc(S(=O)(=O)c3ccc(F)cc3)c2)CC1. The number of carboxylic acids is 1. The molecule has 166 valence electrons. The van der Waals surface area contributed by atoms with Crippen LogP contribution in [-0.4, -0.2) is 19.5 Å². The van der Waals surface area contributed by atoms with Crippen molar-refractivity contribution >= 4 is 15.8 Å². The number of alkyl halides is 3. The Morgan fingerprint density at radius 2 is 1.44 bits per heavy atom. The van der Waals surface area contributed by atoms with Gasteiger partial charge in [-0.2, -0.15) is 13.2 Å². The molecule has 0 unspecified atom stereocenters. The molecule has 1 N–H and O–H groups in total. The molecule has 1 aliphatic rings. The van der Waals surface area contributed by atoms with Crippen LogP contribution in [0.1, 0.15) is 24.0 Å². The van der Waals surface area contributed by atoms with E-state index in [9.17, 15) is 35.9 Å². The van der Waals surface area contributed by atoms with Crippen LogP contribution in [-0.2, 0) is 26.2 Å². The number of hydrogen-bond donors (Lipinski definition) is 1. The minimum Gasteiger partial charge on any atom is -0.481 e. The van der Waals surface area contributed by atoms with Gasteiger partial charge in [-0.3, -0.25) is 4.79 Å². The Bertz CT molecular complexity index is 1290. The minimum absolute atomic E-state index is 0.186. The van der Waals surface area contributed by atoms with E-state index in [1.54, 1.807) is 0 Å². The van der Waals surface area contributed by atoms with Crippen molar-refractivity contribution in [1.82, 2.24) is 0 Å².